The number of nitrogens with one attached hydrogen (secondary N) is 1. The van der Waals surface area contributed by atoms with E-state index >= 15 is 0 Å². The number of nitrogens with zero attached hydrogens (tertiary/aromatic N) is 5. The van der Waals surface area contributed by atoms with Crippen LogP contribution in [0.4, 0.5) is 0 Å². The van der Waals surface area contributed by atoms with Crippen LogP contribution in [0.5, 0.6) is 0 Å². The summed E-state index contributed by atoms with van der Waals surface area (Å²) in [5.41, 5.74) is 0.240. The molecule has 3 aromatic heterocycles. The van der Waals surface area contributed by atoms with E-state index in [2.05, 4.69) is 25.0 Å². The number of hydrogen-bond donors (Lipinski definition) is 1. The molecule has 16 heavy (non-hydrogen) atoms. The van der Waals surface area contributed by atoms with Crippen LogP contribution in [0, 0.1) is 0 Å². The zero-order valence-electron chi connectivity index (χ0n) is 8.03. The molecule has 3 aromatic rings. The lowest BCUT2D eigenvalue weighted by atomic mass is 10.4. The molecule has 7 nitrogen and oxygen atoms in total. The number of fused-ring (bicyclic) bond motifs is 1. The minimum absolute atomic E-state index is 0.222. The van der Waals surface area contributed by atoms with Gasteiger partial charge in [-0.1, -0.05) is 0 Å². The second-order valence-corrected chi connectivity index (χ2v) is 3.09. The Morgan fingerprint density at radius 1 is 1.19 bits per heavy atom. The Balaban J connectivity index is 2.34. The maximum atomic E-state index is 11.4. The predicted molar refractivity (Wildman–Crippen MR) is 55.1 cm³/mol. The molecule has 0 amide bonds. The van der Waals surface area contributed by atoms with Crippen molar-refractivity contribution in [2.75, 3.05) is 0 Å². The molecule has 0 aliphatic rings. The molecule has 1 N–H and O–H groups in total. The van der Waals surface area contributed by atoms with Crippen molar-refractivity contribution in [3.63, 3.8) is 0 Å². The minimum Gasteiger partial charge on any atom is -0.312 e. The van der Waals surface area contributed by atoms with Gasteiger partial charge in [-0.25, -0.2) is 9.97 Å². The van der Waals surface area contributed by atoms with Gasteiger partial charge in [0.15, 0.2) is 11.5 Å². The van der Waals surface area contributed by atoms with Gasteiger partial charge in [-0.15, -0.1) is 0 Å². The Kier molecular flexibility index (Phi) is 1.76. The third-order valence-corrected chi connectivity index (χ3v) is 2.14. The van der Waals surface area contributed by atoms with E-state index in [9.17, 15) is 4.79 Å². The first kappa shape index (κ1) is 8.72. The van der Waals surface area contributed by atoms with Gasteiger partial charge in [0, 0.05) is 12.4 Å². The SMILES string of the molecule is O=c1[nH]cnc2c1cnn2-c1cnccn1. The van der Waals surface area contributed by atoms with Crippen LogP contribution >= 0.6 is 0 Å². The molecule has 0 fully saturated rings. The Morgan fingerprint density at radius 2 is 2.12 bits per heavy atom. The molecule has 0 aliphatic carbocycles. The monoisotopic (exact) mass is 214 g/mol. The van der Waals surface area contributed by atoms with E-state index in [1.54, 1.807) is 18.6 Å². The van der Waals surface area contributed by atoms with Gasteiger partial charge < -0.3 is 4.98 Å². The van der Waals surface area contributed by atoms with Gasteiger partial charge in [-0.05, 0) is 0 Å². The average molecular weight is 214 g/mol. The second-order valence-electron chi connectivity index (χ2n) is 3.09. The van der Waals surface area contributed by atoms with E-state index in [-0.39, 0.29) is 5.56 Å². The van der Waals surface area contributed by atoms with Crippen molar-refractivity contribution in [2.24, 2.45) is 0 Å². The molecule has 0 aliphatic heterocycles. The molecule has 0 spiro atoms. The largest absolute Gasteiger partial charge is 0.312 e. The van der Waals surface area contributed by atoms with Crippen molar-refractivity contribution in [3.05, 3.63) is 41.5 Å². The lowest BCUT2D eigenvalue weighted by molar-refractivity contribution is 0.851. The van der Waals surface area contributed by atoms with E-state index in [4.69, 9.17) is 0 Å². The molecule has 0 bridgehead atoms. The van der Waals surface area contributed by atoms with Crippen molar-refractivity contribution in [1.29, 1.82) is 0 Å². The quantitative estimate of drug-likeness (QED) is 0.610. The molecule has 0 aromatic carbocycles. The van der Waals surface area contributed by atoms with Crippen LogP contribution in [0.3, 0.4) is 0 Å². The summed E-state index contributed by atoms with van der Waals surface area (Å²) in [7, 11) is 0. The van der Waals surface area contributed by atoms with Crippen molar-refractivity contribution >= 4 is 11.0 Å². The number of H-pyrrole nitrogens is 1. The summed E-state index contributed by atoms with van der Waals surface area (Å²) >= 11 is 0. The van der Waals surface area contributed by atoms with E-state index in [1.807, 2.05) is 0 Å². The van der Waals surface area contributed by atoms with Gasteiger partial charge in [0.25, 0.3) is 5.56 Å². The average Bonchev–Trinajstić information content (AvgIpc) is 2.75. The summed E-state index contributed by atoms with van der Waals surface area (Å²) < 4.78 is 1.47. The fourth-order valence-corrected chi connectivity index (χ4v) is 1.42. The normalized spacial score (nSPS) is 10.8. The first-order chi connectivity index (χ1) is 7.86. The minimum atomic E-state index is -0.222. The number of aromatic amines is 1. The molecular weight excluding hydrogens is 208 g/mol. The molecule has 0 radical (unpaired) electrons. The standard InChI is InChI=1S/C9H6N6O/c16-9-6-3-14-15(8(6)12-5-13-9)7-4-10-1-2-11-7/h1-5H,(H,12,13,16). The topological polar surface area (TPSA) is 89.4 Å². The smallest absolute Gasteiger partial charge is 0.261 e. The first-order valence-electron chi connectivity index (χ1n) is 4.54. The van der Waals surface area contributed by atoms with Crippen molar-refractivity contribution in [1.82, 2.24) is 29.7 Å². The number of rotatable bonds is 1. The van der Waals surface area contributed by atoms with Crippen molar-refractivity contribution in [2.45, 2.75) is 0 Å². The molecule has 0 saturated heterocycles. The Hall–Kier alpha value is -2.57. The third kappa shape index (κ3) is 1.18. The summed E-state index contributed by atoms with van der Waals surface area (Å²) in [6.45, 7) is 0. The molecule has 3 rings (SSSR count). The van der Waals surface area contributed by atoms with Crippen molar-refractivity contribution in [3.8, 4) is 5.82 Å². The maximum Gasteiger partial charge on any atom is 0.261 e. The van der Waals surface area contributed by atoms with E-state index < -0.39 is 0 Å². The lowest BCUT2D eigenvalue weighted by Crippen LogP contribution is -2.07. The van der Waals surface area contributed by atoms with Crippen LogP contribution in [0.2, 0.25) is 0 Å². The maximum absolute atomic E-state index is 11.4. The van der Waals surface area contributed by atoms with E-state index in [1.165, 1.54) is 17.2 Å². The zero-order valence-corrected chi connectivity index (χ0v) is 8.03. The highest BCUT2D eigenvalue weighted by molar-refractivity contribution is 5.74. The fraction of sp³-hybridized carbons (Fsp3) is 0. The Labute approximate surface area is 88.8 Å². The Bertz CT molecular complexity index is 686. The predicted octanol–water partition coefficient (Wildman–Crippen LogP) is -0.101. The van der Waals surface area contributed by atoms with Crippen LogP contribution in [-0.2, 0) is 0 Å². The highest BCUT2D eigenvalue weighted by Gasteiger charge is 2.08. The molecular formula is C9H6N6O. The van der Waals surface area contributed by atoms with Gasteiger partial charge in [-0.2, -0.15) is 9.78 Å². The molecule has 78 valence electrons. The molecule has 7 heteroatoms. The highest BCUT2D eigenvalue weighted by atomic mass is 16.1. The summed E-state index contributed by atoms with van der Waals surface area (Å²) in [6.07, 6.45) is 7.45. The third-order valence-electron chi connectivity index (χ3n) is 2.14. The van der Waals surface area contributed by atoms with Gasteiger partial charge >= 0.3 is 0 Å². The summed E-state index contributed by atoms with van der Waals surface area (Å²) in [5, 5.41) is 4.48. The summed E-state index contributed by atoms with van der Waals surface area (Å²) in [5.74, 6) is 0.524. The first-order valence-corrected chi connectivity index (χ1v) is 4.54. The summed E-state index contributed by atoms with van der Waals surface area (Å²) in [6, 6.07) is 0. The number of hydrogen-bond acceptors (Lipinski definition) is 5. The van der Waals surface area contributed by atoms with Crippen LogP contribution in [0.25, 0.3) is 16.9 Å². The van der Waals surface area contributed by atoms with Crippen LogP contribution < -0.4 is 5.56 Å². The molecule has 3 heterocycles. The Morgan fingerprint density at radius 3 is 2.94 bits per heavy atom. The van der Waals surface area contributed by atoms with E-state index in [0.717, 1.165) is 0 Å². The van der Waals surface area contributed by atoms with Gasteiger partial charge in [0.05, 0.1) is 18.7 Å². The fourth-order valence-electron chi connectivity index (χ4n) is 1.42. The van der Waals surface area contributed by atoms with Crippen LogP contribution in [0.1, 0.15) is 0 Å². The van der Waals surface area contributed by atoms with E-state index in [0.29, 0.717) is 16.9 Å². The second kappa shape index (κ2) is 3.23. The highest BCUT2D eigenvalue weighted by Crippen LogP contribution is 2.08. The molecule has 0 atom stereocenters. The summed E-state index contributed by atoms with van der Waals surface area (Å²) in [4.78, 5) is 26.0. The lowest BCUT2D eigenvalue weighted by Gasteiger charge is -1.98. The van der Waals surface area contributed by atoms with Gasteiger partial charge in [0.2, 0.25) is 0 Å². The zero-order chi connectivity index (χ0) is 11.0. The van der Waals surface area contributed by atoms with Crippen LogP contribution in [0.15, 0.2) is 35.9 Å². The molecule has 0 saturated carbocycles. The number of aromatic nitrogens is 6. The van der Waals surface area contributed by atoms with Gasteiger partial charge in [-0.3, -0.25) is 9.78 Å². The van der Waals surface area contributed by atoms with Gasteiger partial charge in [0.1, 0.15) is 5.39 Å². The van der Waals surface area contributed by atoms with Crippen molar-refractivity contribution < 1.29 is 0 Å². The van der Waals surface area contributed by atoms with Crippen LogP contribution in [-0.4, -0.2) is 29.7 Å². The molecule has 0 unspecified atom stereocenters.